The van der Waals surface area contributed by atoms with Crippen LogP contribution >= 0.6 is 23.2 Å². The van der Waals surface area contributed by atoms with Gasteiger partial charge >= 0.3 is 0 Å². The van der Waals surface area contributed by atoms with Gasteiger partial charge in [-0.25, -0.2) is 0 Å². The zero-order valence-electron chi connectivity index (χ0n) is 6.67. The van der Waals surface area contributed by atoms with Crippen LogP contribution in [0, 0.1) is 6.92 Å². The summed E-state index contributed by atoms with van der Waals surface area (Å²) in [5, 5.41) is 13.8. The van der Waals surface area contributed by atoms with Gasteiger partial charge < -0.3 is 5.11 Å². The van der Waals surface area contributed by atoms with Gasteiger partial charge in [-0.15, -0.1) is 11.6 Å². The summed E-state index contributed by atoms with van der Waals surface area (Å²) in [7, 11) is 0. The highest BCUT2D eigenvalue weighted by Gasteiger charge is 2.08. The average Bonchev–Trinajstić information content (AvgIpc) is 2.36. The highest BCUT2D eigenvalue weighted by atomic mass is 35.5. The van der Waals surface area contributed by atoms with Crippen LogP contribution in [0.2, 0.25) is 5.02 Å². The summed E-state index contributed by atoms with van der Waals surface area (Å²) in [5.74, 6) is 0.205. The first-order valence-electron chi connectivity index (χ1n) is 3.57. The third-order valence-electron chi connectivity index (χ3n) is 1.61. The second-order valence-electron chi connectivity index (χ2n) is 2.57. The van der Waals surface area contributed by atoms with Crippen molar-refractivity contribution in [1.29, 1.82) is 0 Å². The van der Waals surface area contributed by atoms with Gasteiger partial charge in [-0.05, 0) is 6.92 Å². The second kappa shape index (κ2) is 4.12. The fourth-order valence-corrected chi connectivity index (χ4v) is 1.09. The van der Waals surface area contributed by atoms with Crippen molar-refractivity contribution in [2.45, 2.75) is 19.6 Å². The molecule has 0 aliphatic heterocycles. The number of aliphatic hydroxyl groups is 1. The van der Waals surface area contributed by atoms with Crippen molar-refractivity contribution < 1.29 is 5.11 Å². The van der Waals surface area contributed by atoms with Crippen molar-refractivity contribution >= 4 is 23.2 Å². The zero-order chi connectivity index (χ0) is 9.14. The topological polar surface area (TPSA) is 38.0 Å². The summed E-state index contributed by atoms with van der Waals surface area (Å²) in [4.78, 5) is 0. The lowest BCUT2D eigenvalue weighted by molar-refractivity contribution is 0.170. The predicted molar refractivity (Wildman–Crippen MR) is 48.7 cm³/mol. The van der Waals surface area contributed by atoms with E-state index >= 15 is 0 Å². The fourth-order valence-electron chi connectivity index (χ4n) is 0.856. The summed E-state index contributed by atoms with van der Waals surface area (Å²) in [6, 6.07) is 0. The van der Waals surface area contributed by atoms with Crippen molar-refractivity contribution in [3.05, 3.63) is 16.9 Å². The fraction of sp³-hybridized carbons (Fsp3) is 0.571. The van der Waals surface area contributed by atoms with Gasteiger partial charge in [0, 0.05) is 0 Å². The maximum atomic E-state index is 9.21. The van der Waals surface area contributed by atoms with Crippen LogP contribution in [0.15, 0.2) is 6.20 Å². The number of rotatable bonds is 3. The third kappa shape index (κ3) is 2.12. The van der Waals surface area contributed by atoms with Gasteiger partial charge in [0.2, 0.25) is 0 Å². The van der Waals surface area contributed by atoms with Crippen LogP contribution in [0.4, 0.5) is 0 Å². The highest BCUT2D eigenvalue weighted by Crippen LogP contribution is 2.13. The van der Waals surface area contributed by atoms with E-state index in [1.165, 1.54) is 0 Å². The van der Waals surface area contributed by atoms with Crippen molar-refractivity contribution in [3.63, 3.8) is 0 Å². The van der Waals surface area contributed by atoms with E-state index in [2.05, 4.69) is 5.10 Å². The SMILES string of the molecule is Cc1c(Cl)cnn1CC(O)CCl. The molecule has 0 bridgehead atoms. The monoisotopic (exact) mass is 208 g/mol. The molecule has 5 heteroatoms. The van der Waals surface area contributed by atoms with E-state index < -0.39 is 6.10 Å². The molecule has 1 rings (SSSR count). The summed E-state index contributed by atoms with van der Waals surface area (Å²) < 4.78 is 1.63. The molecule has 1 atom stereocenters. The molecule has 1 aromatic heterocycles. The molecule has 0 aliphatic carbocycles. The molecule has 0 fully saturated rings. The molecule has 0 amide bonds. The van der Waals surface area contributed by atoms with E-state index in [1.807, 2.05) is 6.92 Å². The molecular weight excluding hydrogens is 199 g/mol. The predicted octanol–water partition coefficient (Wildman–Crippen LogP) is 1.44. The van der Waals surface area contributed by atoms with Crippen LogP contribution in [-0.4, -0.2) is 26.9 Å². The van der Waals surface area contributed by atoms with E-state index in [4.69, 9.17) is 23.2 Å². The Balaban J connectivity index is 2.69. The van der Waals surface area contributed by atoms with Gasteiger partial charge in [0.1, 0.15) is 0 Å². The largest absolute Gasteiger partial charge is 0.390 e. The zero-order valence-corrected chi connectivity index (χ0v) is 8.18. The van der Waals surface area contributed by atoms with E-state index in [0.717, 1.165) is 5.69 Å². The smallest absolute Gasteiger partial charge is 0.0871 e. The van der Waals surface area contributed by atoms with Gasteiger partial charge in [-0.1, -0.05) is 11.6 Å². The van der Waals surface area contributed by atoms with E-state index in [0.29, 0.717) is 11.6 Å². The molecule has 0 radical (unpaired) electrons. The van der Waals surface area contributed by atoms with Crippen molar-refractivity contribution in [2.24, 2.45) is 0 Å². The number of hydrogen-bond donors (Lipinski definition) is 1. The number of alkyl halides is 1. The minimum atomic E-state index is -0.568. The van der Waals surface area contributed by atoms with Gasteiger partial charge in [-0.3, -0.25) is 4.68 Å². The summed E-state index contributed by atoms with van der Waals surface area (Å²) in [5.41, 5.74) is 0.848. The number of halogens is 2. The molecule has 1 aromatic rings. The Labute approximate surface area is 80.9 Å². The molecule has 0 saturated carbocycles. The molecule has 0 saturated heterocycles. The third-order valence-corrected chi connectivity index (χ3v) is 2.33. The first kappa shape index (κ1) is 9.84. The Bertz CT molecular complexity index is 262. The van der Waals surface area contributed by atoms with E-state index in [1.54, 1.807) is 10.9 Å². The maximum Gasteiger partial charge on any atom is 0.0871 e. The molecule has 12 heavy (non-hydrogen) atoms. The average molecular weight is 209 g/mol. The molecular formula is C7H10Cl2N2O. The Morgan fingerprint density at radius 2 is 2.42 bits per heavy atom. The minimum absolute atomic E-state index is 0.205. The molecule has 0 spiro atoms. The van der Waals surface area contributed by atoms with Gasteiger partial charge in [0.25, 0.3) is 0 Å². The Kier molecular flexibility index (Phi) is 3.38. The number of aliphatic hydroxyl groups excluding tert-OH is 1. The molecule has 1 unspecified atom stereocenters. The van der Waals surface area contributed by atoms with Crippen LogP contribution in [0.25, 0.3) is 0 Å². The van der Waals surface area contributed by atoms with Gasteiger partial charge in [0.05, 0.1) is 35.4 Å². The minimum Gasteiger partial charge on any atom is -0.390 e. The quantitative estimate of drug-likeness (QED) is 0.765. The van der Waals surface area contributed by atoms with Crippen LogP contribution in [-0.2, 0) is 6.54 Å². The van der Waals surface area contributed by atoms with Crippen molar-refractivity contribution in [1.82, 2.24) is 9.78 Å². The first-order valence-corrected chi connectivity index (χ1v) is 4.48. The van der Waals surface area contributed by atoms with Crippen LogP contribution in [0.5, 0.6) is 0 Å². The Morgan fingerprint density at radius 1 is 1.75 bits per heavy atom. The van der Waals surface area contributed by atoms with Gasteiger partial charge in [-0.2, -0.15) is 5.10 Å². The van der Waals surface area contributed by atoms with Crippen molar-refractivity contribution in [2.75, 3.05) is 5.88 Å². The Morgan fingerprint density at radius 3 is 2.83 bits per heavy atom. The Hall–Kier alpha value is -0.250. The lowest BCUT2D eigenvalue weighted by Gasteiger charge is -2.07. The highest BCUT2D eigenvalue weighted by molar-refractivity contribution is 6.31. The number of nitrogens with zero attached hydrogens (tertiary/aromatic N) is 2. The van der Waals surface area contributed by atoms with Gasteiger partial charge in [0.15, 0.2) is 0 Å². The summed E-state index contributed by atoms with van der Waals surface area (Å²) in [6.45, 7) is 2.23. The maximum absolute atomic E-state index is 9.21. The standard InChI is InChI=1S/C7H10Cl2N2O/c1-5-7(9)3-10-11(5)4-6(12)2-8/h3,6,12H,2,4H2,1H3. The molecule has 0 aliphatic rings. The van der Waals surface area contributed by atoms with Crippen molar-refractivity contribution in [3.8, 4) is 0 Å². The second-order valence-corrected chi connectivity index (χ2v) is 3.28. The molecule has 0 aromatic carbocycles. The lowest BCUT2D eigenvalue weighted by Crippen LogP contribution is -2.19. The summed E-state index contributed by atoms with van der Waals surface area (Å²) in [6.07, 6.45) is 0.985. The lowest BCUT2D eigenvalue weighted by atomic mass is 10.4. The van der Waals surface area contributed by atoms with Crippen LogP contribution < -0.4 is 0 Å². The summed E-state index contributed by atoms with van der Waals surface area (Å²) >= 11 is 11.2. The molecule has 68 valence electrons. The number of hydrogen-bond acceptors (Lipinski definition) is 2. The van der Waals surface area contributed by atoms with Crippen LogP contribution in [0.3, 0.4) is 0 Å². The molecule has 3 nitrogen and oxygen atoms in total. The van der Waals surface area contributed by atoms with E-state index in [9.17, 15) is 5.11 Å². The number of aromatic nitrogens is 2. The van der Waals surface area contributed by atoms with Crippen LogP contribution in [0.1, 0.15) is 5.69 Å². The molecule has 1 N–H and O–H groups in total. The molecule has 1 heterocycles. The normalized spacial score (nSPS) is 13.3. The van der Waals surface area contributed by atoms with E-state index in [-0.39, 0.29) is 5.88 Å². The first-order chi connectivity index (χ1) is 5.65.